The third-order valence-corrected chi connectivity index (χ3v) is 9.72. The Morgan fingerprint density at radius 2 is 1.18 bits per heavy atom. The van der Waals surface area contributed by atoms with E-state index in [0.29, 0.717) is 78.1 Å². The summed E-state index contributed by atoms with van der Waals surface area (Å²) in [6, 6.07) is 2.80. The number of ether oxygens (including phenoxy) is 7. The van der Waals surface area contributed by atoms with Crippen LogP contribution in [0.4, 0.5) is 18.0 Å². The van der Waals surface area contributed by atoms with Crippen LogP contribution in [-0.2, 0) is 68.4 Å². The first kappa shape index (κ1) is 49.7. The molecule has 1 atom stereocenters. The van der Waals surface area contributed by atoms with Crippen LogP contribution >= 0.6 is 0 Å². The SMILES string of the molecule is NCCOCCOCCOCCN(CCOCCOCCOCCN)C(=O)CCCCC(CS(=O)(=O)c1ccc(C(F)(F)F)cc1)OC(=O)ON1C(=O)CCC1=O. The summed E-state index contributed by atoms with van der Waals surface area (Å²) in [4.78, 5) is 55.5. The number of sulfone groups is 1. The van der Waals surface area contributed by atoms with Crippen molar-refractivity contribution in [2.75, 3.05) is 111 Å². The van der Waals surface area contributed by atoms with E-state index in [1.54, 1.807) is 4.90 Å². The van der Waals surface area contributed by atoms with Gasteiger partial charge in [-0.05, 0) is 43.5 Å². The highest BCUT2D eigenvalue weighted by molar-refractivity contribution is 7.91. The van der Waals surface area contributed by atoms with Crippen molar-refractivity contribution in [2.24, 2.45) is 11.5 Å². The molecule has 18 nitrogen and oxygen atoms in total. The summed E-state index contributed by atoms with van der Waals surface area (Å²) >= 11 is 0. The lowest BCUT2D eigenvalue weighted by atomic mass is 10.1. The predicted molar refractivity (Wildman–Crippen MR) is 194 cm³/mol. The molecule has 326 valence electrons. The lowest BCUT2D eigenvalue weighted by molar-refractivity contribution is -0.178. The maximum atomic E-state index is 13.3. The Kier molecular flexibility index (Phi) is 24.4. The van der Waals surface area contributed by atoms with E-state index in [1.165, 1.54) is 0 Å². The van der Waals surface area contributed by atoms with E-state index in [9.17, 15) is 40.8 Å². The first-order valence-corrected chi connectivity index (χ1v) is 20.2. The molecule has 2 rings (SSSR count). The van der Waals surface area contributed by atoms with Crippen LogP contribution in [0.15, 0.2) is 29.2 Å². The number of amides is 3. The molecule has 1 aliphatic rings. The number of hydrogen-bond donors (Lipinski definition) is 2. The molecule has 57 heavy (non-hydrogen) atoms. The fourth-order valence-corrected chi connectivity index (χ4v) is 6.49. The van der Waals surface area contributed by atoms with E-state index >= 15 is 0 Å². The Morgan fingerprint density at radius 1 is 0.719 bits per heavy atom. The zero-order chi connectivity index (χ0) is 41.9. The number of hydroxylamine groups is 2. The Hall–Kier alpha value is -3.48. The highest BCUT2D eigenvalue weighted by atomic mass is 32.2. The van der Waals surface area contributed by atoms with Crippen LogP contribution in [0.2, 0.25) is 0 Å². The second-order valence-electron chi connectivity index (χ2n) is 12.3. The van der Waals surface area contributed by atoms with Crippen LogP contribution in [0.5, 0.6) is 0 Å². The monoisotopic (exact) mass is 844 g/mol. The average Bonchev–Trinajstić information content (AvgIpc) is 3.48. The van der Waals surface area contributed by atoms with Crippen LogP contribution in [0.25, 0.3) is 0 Å². The molecule has 1 fully saturated rings. The van der Waals surface area contributed by atoms with Crippen LogP contribution < -0.4 is 11.5 Å². The Balaban J connectivity index is 1.96. The van der Waals surface area contributed by atoms with Crippen molar-refractivity contribution in [3.05, 3.63) is 29.8 Å². The topological polar surface area (TPSA) is 235 Å². The summed E-state index contributed by atoms with van der Waals surface area (Å²) in [5.74, 6) is -2.71. The summed E-state index contributed by atoms with van der Waals surface area (Å²) in [5, 5.41) is 0.226. The molecule has 4 N–H and O–H groups in total. The van der Waals surface area contributed by atoms with E-state index in [4.69, 9.17) is 49.5 Å². The fourth-order valence-electron chi connectivity index (χ4n) is 5.03. The minimum Gasteiger partial charge on any atom is -0.428 e. The lowest BCUT2D eigenvalue weighted by Gasteiger charge is -2.23. The number of hydrogen-bond acceptors (Lipinski definition) is 16. The van der Waals surface area contributed by atoms with Gasteiger partial charge in [0.05, 0.1) is 95.5 Å². The molecule has 22 heteroatoms. The van der Waals surface area contributed by atoms with E-state index < -0.39 is 56.3 Å². The molecule has 1 saturated heterocycles. The zero-order valence-electron chi connectivity index (χ0n) is 32.0. The molecule has 0 spiro atoms. The molecule has 0 aromatic heterocycles. The molecule has 1 aromatic rings. The standard InChI is InChI=1S/C35H55F3N4O14S/c36-35(37,38)28-5-7-30(8-6-28)57(47,48)27-29(55-34(46)56-42-32(44)9-10-33(42)45)3-1-2-4-31(43)41(13-17-51-21-25-53-23-19-49-15-11-39)14-18-52-22-26-54-24-20-50-16-12-40/h5-8,29H,1-4,9-27,39-40H2. The maximum Gasteiger partial charge on any atom is 0.534 e. The maximum absolute atomic E-state index is 13.3. The molecular weight excluding hydrogens is 789 g/mol. The molecule has 1 unspecified atom stereocenters. The summed E-state index contributed by atoms with van der Waals surface area (Å²) < 4.78 is 103. The second kappa shape index (κ2) is 28.0. The van der Waals surface area contributed by atoms with Crippen molar-refractivity contribution in [3.63, 3.8) is 0 Å². The molecule has 3 amide bonds. The Bertz CT molecular complexity index is 1400. The lowest BCUT2D eigenvalue weighted by Crippen LogP contribution is -2.37. The number of carbonyl (C=O) groups excluding carboxylic acids is 4. The van der Waals surface area contributed by atoms with E-state index in [2.05, 4.69) is 0 Å². The highest BCUT2D eigenvalue weighted by Crippen LogP contribution is 2.30. The second-order valence-corrected chi connectivity index (χ2v) is 14.4. The molecule has 0 aliphatic carbocycles. The van der Waals surface area contributed by atoms with Crippen molar-refractivity contribution in [1.29, 1.82) is 0 Å². The molecule has 0 saturated carbocycles. The number of halogens is 3. The van der Waals surface area contributed by atoms with Crippen molar-refractivity contribution in [3.8, 4) is 0 Å². The molecule has 1 heterocycles. The molecule has 0 radical (unpaired) electrons. The van der Waals surface area contributed by atoms with Gasteiger partial charge in [0.1, 0.15) is 6.10 Å². The number of nitrogens with zero attached hydrogens (tertiary/aromatic N) is 2. The number of alkyl halides is 3. The van der Waals surface area contributed by atoms with Crippen LogP contribution in [0, 0.1) is 0 Å². The average molecular weight is 845 g/mol. The van der Waals surface area contributed by atoms with Crippen LogP contribution in [0.3, 0.4) is 0 Å². The van der Waals surface area contributed by atoms with Gasteiger partial charge in [0.25, 0.3) is 11.8 Å². The first-order valence-electron chi connectivity index (χ1n) is 18.6. The quantitative estimate of drug-likeness (QED) is 0.0594. The van der Waals surface area contributed by atoms with E-state index in [1.807, 2.05) is 0 Å². The van der Waals surface area contributed by atoms with E-state index in [0.717, 1.165) is 12.1 Å². The largest absolute Gasteiger partial charge is 0.534 e. The predicted octanol–water partition coefficient (Wildman–Crippen LogP) is 1.47. The Morgan fingerprint density at radius 3 is 1.63 bits per heavy atom. The number of carbonyl (C=O) groups is 4. The van der Waals surface area contributed by atoms with Gasteiger partial charge in [0, 0.05) is 45.4 Å². The Labute approximate surface area is 330 Å². The highest BCUT2D eigenvalue weighted by Gasteiger charge is 2.35. The van der Waals surface area contributed by atoms with Crippen molar-refractivity contribution >= 4 is 33.7 Å². The van der Waals surface area contributed by atoms with Gasteiger partial charge in [-0.25, -0.2) is 13.2 Å². The molecule has 1 aromatic carbocycles. The van der Waals surface area contributed by atoms with Gasteiger partial charge in [0.15, 0.2) is 9.84 Å². The third kappa shape index (κ3) is 21.2. The van der Waals surface area contributed by atoms with Crippen molar-refractivity contribution in [2.45, 2.75) is 55.7 Å². The van der Waals surface area contributed by atoms with Crippen molar-refractivity contribution < 1.29 is 78.8 Å². The minimum atomic E-state index is -4.69. The van der Waals surface area contributed by atoms with Gasteiger partial charge < -0.3 is 49.5 Å². The van der Waals surface area contributed by atoms with Gasteiger partial charge >= 0.3 is 12.3 Å². The van der Waals surface area contributed by atoms with Gasteiger partial charge in [-0.3, -0.25) is 19.2 Å². The number of benzene rings is 1. The first-order chi connectivity index (χ1) is 27.3. The van der Waals surface area contributed by atoms with Crippen LogP contribution in [0.1, 0.15) is 44.1 Å². The van der Waals surface area contributed by atoms with E-state index in [-0.39, 0.29) is 89.0 Å². The number of imide groups is 1. The van der Waals surface area contributed by atoms with Gasteiger partial charge in [-0.15, -0.1) is 0 Å². The van der Waals surface area contributed by atoms with Crippen molar-refractivity contribution in [1.82, 2.24) is 9.96 Å². The van der Waals surface area contributed by atoms with Crippen LogP contribution in [-0.4, -0.2) is 160 Å². The van der Waals surface area contributed by atoms with Gasteiger partial charge in [-0.1, -0.05) is 5.06 Å². The molecule has 1 aliphatic heterocycles. The summed E-state index contributed by atoms with van der Waals surface area (Å²) in [6.45, 7) is 5.31. The normalized spacial score (nSPS) is 13.9. The third-order valence-electron chi connectivity index (χ3n) is 7.92. The minimum absolute atomic E-state index is 0.0113. The number of nitrogens with two attached hydrogens (primary N) is 2. The number of unbranched alkanes of at least 4 members (excludes halogenated alkanes) is 1. The van der Waals surface area contributed by atoms with Gasteiger partial charge in [-0.2, -0.15) is 13.2 Å². The summed E-state index contributed by atoms with van der Waals surface area (Å²) in [5.41, 5.74) is 9.68. The fraction of sp³-hybridized carbons (Fsp3) is 0.714. The van der Waals surface area contributed by atoms with Gasteiger partial charge in [0.2, 0.25) is 5.91 Å². The summed E-state index contributed by atoms with van der Waals surface area (Å²) in [6.07, 6.45) is -7.76. The zero-order valence-corrected chi connectivity index (χ0v) is 32.8. The molecular formula is C35H55F3N4O14S. The summed E-state index contributed by atoms with van der Waals surface area (Å²) in [7, 11) is -4.32. The molecule has 0 bridgehead atoms. The smallest absolute Gasteiger partial charge is 0.428 e. The number of rotatable bonds is 32.